The Morgan fingerprint density at radius 2 is 2.16 bits per heavy atom. The third-order valence-corrected chi connectivity index (χ3v) is 5.18. The molecule has 0 saturated carbocycles. The lowest BCUT2D eigenvalue weighted by Crippen LogP contribution is -2.40. The Labute approximate surface area is 112 Å². The summed E-state index contributed by atoms with van der Waals surface area (Å²) in [5, 5.41) is 0. The maximum atomic E-state index is 12.2. The van der Waals surface area contributed by atoms with Gasteiger partial charge in [0.2, 0.25) is 10.0 Å². The van der Waals surface area contributed by atoms with Gasteiger partial charge in [0.15, 0.2) is 0 Å². The molecule has 0 aromatic carbocycles. The van der Waals surface area contributed by atoms with Crippen LogP contribution in [0.4, 0.5) is 0 Å². The lowest BCUT2D eigenvalue weighted by atomic mass is 9.98. The van der Waals surface area contributed by atoms with Crippen molar-refractivity contribution in [3.8, 4) is 0 Å². The third-order valence-electron chi connectivity index (χ3n) is 3.28. The molecule has 7 heteroatoms. The molecule has 0 radical (unpaired) electrons. The molecule has 1 aromatic rings. The van der Waals surface area contributed by atoms with E-state index < -0.39 is 10.0 Å². The van der Waals surface area contributed by atoms with Crippen molar-refractivity contribution in [2.45, 2.75) is 24.7 Å². The summed E-state index contributed by atoms with van der Waals surface area (Å²) in [4.78, 5) is 14.6. The topological polar surface area (TPSA) is 79.5 Å². The number of ether oxygens (including phenoxy) is 1. The highest BCUT2D eigenvalue weighted by Gasteiger charge is 2.32. The van der Waals surface area contributed by atoms with Gasteiger partial charge in [-0.3, -0.25) is 4.79 Å². The number of hydrogen-bond acceptors (Lipinski definition) is 4. The summed E-state index contributed by atoms with van der Waals surface area (Å²) in [6.07, 6.45) is 4.08. The Hall–Kier alpha value is -1.34. The van der Waals surface area contributed by atoms with E-state index in [1.165, 1.54) is 16.6 Å². The Bertz CT molecular complexity index is 516. The van der Waals surface area contributed by atoms with Crippen LogP contribution < -0.4 is 0 Å². The molecule has 1 fully saturated rings. The van der Waals surface area contributed by atoms with E-state index in [0.29, 0.717) is 32.5 Å². The van der Waals surface area contributed by atoms with Crippen molar-refractivity contribution in [2.24, 2.45) is 5.92 Å². The fraction of sp³-hybridized carbons (Fsp3) is 0.583. The molecular formula is C12H18N2O4S. The van der Waals surface area contributed by atoms with Crippen molar-refractivity contribution >= 4 is 16.0 Å². The lowest BCUT2D eigenvalue weighted by molar-refractivity contribution is -0.149. The molecule has 0 spiro atoms. The van der Waals surface area contributed by atoms with Gasteiger partial charge in [-0.2, -0.15) is 4.31 Å². The van der Waals surface area contributed by atoms with Crippen LogP contribution in [0.3, 0.4) is 0 Å². The van der Waals surface area contributed by atoms with Crippen LogP contribution >= 0.6 is 0 Å². The van der Waals surface area contributed by atoms with E-state index in [9.17, 15) is 13.2 Å². The molecule has 2 rings (SSSR count). The average Bonchev–Trinajstić information content (AvgIpc) is 2.94. The Balaban J connectivity index is 1.99. The Morgan fingerprint density at radius 3 is 2.68 bits per heavy atom. The van der Waals surface area contributed by atoms with Gasteiger partial charge in [-0.1, -0.05) is 0 Å². The van der Waals surface area contributed by atoms with Crippen molar-refractivity contribution in [2.75, 3.05) is 19.7 Å². The van der Waals surface area contributed by atoms with E-state index in [2.05, 4.69) is 4.98 Å². The summed E-state index contributed by atoms with van der Waals surface area (Å²) in [7, 11) is -3.43. The second kappa shape index (κ2) is 5.75. The van der Waals surface area contributed by atoms with Gasteiger partial charge < -0.3 is 9.72 Å². The standard InChI is InChI=1S/C12H18N2O4S/c1-2-18-12(15)10-4-7-14(8-5-10)19(16,17)11-3-6-13-9-11/h3,6,9-10,13H,2,4-5,7-8H2,1H3. The number of aromatic amines is 1. The summed E-state index contributed by atoms with van der Waals surface area (Å²) in [5.41, 5.74) is 0. The first-order valence-corrected chi connectivity index (χ1v) is 7.79. The number of carbonyl (C=O) groups is 1. The van der Waals surface area contributed by atoms with Crippen molar-refractivity contribution in [1.82, 2.24) is 9.29 Å². The zero-order chi connectivity index (χ0) is 13.9. The predicted octanol–water partition coefficient (Wildman–Crippen LogP) is 0.978. The van der Waals surface area contributed by atoms with Crippen molar-refractivity contribution < 1.29 is 17.9 Å². The first-order chi connectivity index (χ1) is 9.05. The van der Waals surface area contributed by atoms with E-state index >= 15 is 0 Å². The van der Waals surface area contributed by atoms with E-state index in [-0.39, 0.29) is 16.8 Å². The molecule has 1 aliphatic rings. The van der Waals surface area contributed by atoms with E-state index in [0.717, 1.165) is 0 Å². The van der Waals surface area contributed by atoms with Crippen molar-refractivity contribution in [3.05, 3.63) is 18.5 Å². The van der Waals surface area contributed by atoms with Gasteiger partial charge in [0.05, 0.1) is 17.4 Å². The van der Waals surface area contributed by atoms with Gasteiger partial charge in [-0.25, -0.2) is 8.42 Å². The first kappa shape index (κ1) is 14.1. The maximum Gasteiger partial charge on any atom is 0.309 e. The second-order valence-electron chi connectivity index (χ2n) is 4.48. The molecule has 106 valence electrons. The zero-order valence-electron chi connectivity index (χ0n) is 10.8. The molecule has 1 saturated heterocycles. The summed E-state index contributed by atoms with van der Waals surface area (Å²) in [5.74, 6) is -0.404. The van der Waals surface area contributed by atoms with Gasteiger partial charge in [0, 0.05) is 25.5 Å². The molecule has 0 atom stereocenters. The molecule has 0 aliphatic carbocycles. The molecule has 0 amide bonds. The number of esters is 1. The number of hydrogen-bond donors (Lipinski definition) is 1. The Kier molecular flexibility index (Phi) is 4.26. The molecule has 1 N–H and O–H groups in total. The highest BCUT2D eigenvalue weighted by molar-refractivity contribution is 7.89. The monoisotopic (exact) mass is 286 g/mol. The maximum absolute atomic E-state index is 12.2. The molecule has 1 aromatic heterocycles. The van der Waals surface area contributed by atoms with Crippen LogP contribution in [0.25, 0.3) is 0 Å². The summed E-state index contributed by atoms with van der Waals surface area (Å²) >= 11 is 0. The molecule has 0 unspecified atom stereocenters. The number of sulfonamides is 1. The number of aromatic nitrogens is 1. The molecule has 2 heterocycles. The number of nitrogens with zero attached hydrogens (tertiary/aromatic N) is 1. The van der Waals surface area contributed by atoms with Crippen LogP contribution in [-0.2, 0) is 19.6 Å². The van der Waals surface area contributed by atoms with E-state index in [4.69, 9.17) is 4.74 Å². The number of H-pyrrole nitrogens is 1. The SMILES string of the molecule is CCOC(=O)C1CCN(S(=O)(=O)c2cc[nH]c2)CC1. The quantitative estimate of drug-likeness (QED) is 0.837. The van der Waals surface area contributed by atoms with Gasteiger partial charge in [-0.05, 0) is 25.8 Å². The van der Waals surface area contributed by atoms with Gasteiger partial charge in [-0.15, -0.1) is 0 Å². The van der Waals surface area contributed by atoms with E-state index in [1.807, 2.05) is 0 Å². The largest absolute Gasteiger partial charge is 0.466 e. The molecule has 6 nitrogen and oxygen atoms in total. The lowest BCUT2D eigenvalue weighted by Gasteiger charge is -2.29. The number of nitrogens with one attached hydrogen (secondary N) is 1. The van der Waals surface area contributed by atoms with Gasteiger partial charge in [0.1, 0.15) is 0 Å². The summed E-state index contributed by atoms with van der Waals surface area (Å²) in [6.45, 7) is 2.85. The van der Waals surface area contributed by atoms with Crippen LogP contribution in [0.15, 0.2) is 23.4 Å². The fourth-order valence-electron chi connectivity index (χ4n) is 2.21. The van der Waals surface area contributed by atoms with Crippen molar-refractivity contribution in [3.63, 3.8) is 0 Å². The third kappa shape index (κ3) is 2.98. The summed E-state index contributed by atoms with van der Waals surface area (Å²) < 4.78 is 30.9. The number of piperidine rings is 1. The minimum absolute atomic E-state index is 0.183. The summed E-state index contributed by atoms with van der Waals surface area (Å²) in [6, 6.07) is 1.53. The predicted molar refractivity (Wildman–Crippen MR) is 68.9 cm³/mol. The normalized spacial score (nSPS) is 18.4. The highest BCUT2D eigenvalue weighted by Crippen LogP contribution is 2.24. The van der Waals surface area contributed by atoms with Gasteiger partial charge >= 0.3 is 5.97 Å². The minimum atomic E-state index is -3.43. The zero-order valence-corrected chi connectivity index (χ0v) is 11.6. The van der Waals surface area contributed by atoms with Crippen molar-refractivity contribution in [1.29, 1.82) is 0 Å². The minimum Gasteiger partial charge on any atom is -0.466 e. The molecule has 0 bridgehead atoms. The first-order valence-electron chi connectivity index (χ1n) is 6.35. The van der Waals surface area contributed by atoms with Crippen LogP contribution in [-0.4, -0.2) is 43.4 Å². The van der Waals surface area contributed by atoms with Crippen LogP contribution in [0.5, 0.6) is 0 Å². The molecular weight excluding hydrogens is 268 g/mol. The fourth-order valence-corrected chi connectivity index (χ4v) is 3.66. The number of rotatable bonds is 4. The van der Waals surface area contributed by atoms with Crippen LogP contribution in [0.2, 0.25) is 0 Å². The average molecular weight is 286 g/mol. The van der Waals surface area contributed by atoms with Crippen LogP contribution in [0.1, 0.15) is 19.8 Å². The second-order valence-corrected chi connectivity index (χ2v) is 6.42. The Morgan fingerprint density at radius 1 is 1.47 bits per heavy atom. The van der Waals surface area contributed by atoms with Gasteiger partial charge in [0.25, 0.3) is 0 Å². The van der Waals surface area contributed by atoms with E-state index in [1.54, 1.807) is 13.1 Å². The highest BCUT2D eigenvalue weighted by atomic mass is 32.2. The smallest absolute Gasteiger partial charge is 0.309 e. The molecule has 1 aliphatic heterocycles. The van der Waals surface area contributed by atoms with Crippen LogP contribution in [0, 0.1) is 5.92 Å². The number of carbonyl (C=O) groups excluding carboxylic acids is 1. The molecule has 19 heavy (non-hydrogen) atoms.